The second kappa shape index (κ2) is 6.00. The van der Waals surface area contributed by atoms with Gasteiger partial charge in [0, 0.05) is 7.11 Å². The Morgan fingerprint density at radius 3 is 2.69 bits per heavy atom. The third-order valence-corrected chi connectivity index (χ3v) is 4.72. The van der Waals surface area contributed by atoms with Gasteiger partial charge in [0.2, 0.25) is 0 Å². The number of methoxy groups -OCH3 is 1. The lowest BCUT2D eigenvalue weighted by Crippen LogP contribution is -2.41. The van der Waals surface area contributed by atoms with Crippen LogP contribution in [0.1, 0.15) is 0 Å². The van der Waals surface area contributed by atoms with E-state index in [1.807, 2.05) is 0 Å². The van der Waals surface area contributed by atoms with Crippen LogP contribution in [0.4, 0.5) is 0 Å². The minimum atomic E-state index is -3.05. The van der Waals surface area contributed by atoms with E-state index >= 15 is 0 Å². The molecule has 16 heavy (non-hydrogen) atoms. The van der Waals surface area contributed by atoms with Gasteiger partial charge in [0.25, 0.3) is 5.17 Å². The van der Waals surface area contributed by atoms with Crippen molar-refractivity contribution in [1.82, 2.24) is 5.32 Å². The van der Waals surface area contributed by atoms with Gasteiger partial charge in [0.05, 0.1) is 29.5 Å². The molecule has 1 N–H and O–H groups in total. The number of ether oxygens (including phenoxy) is 2. The number of sulfone groups is 1. The highest BCUT2D eigenvalue weighted by Crippen LogP contribution is 2.17. The molecule has 1 rings (SSSR count). The molecule has 2 atom stereocenters. The summed E-state index contributed by atoms with van der Waals surface area (Å²) in [7, 11) is -1.50. The van der Waals surface area contributed by atoms with Crippen LogP contribution < -0.4 is 5.32 Å². The fourth-order valence-electron chi connectivity index (χ4n) is 1.35. The molecule has 0 aromatic heterocycles. The van der Waals surface area contributed by atoms with Gasteiger partial charge in [-0.2, -0.15) is 0 Å². The van der Waals surface area contributed by atoms with Crippen molar-refractivity contribution in [3.05, 3.63) is 0 Å². The molecule has 0 amide bonds. The molecule has 1 heterocycles. The maximum atomic E-state index is 11.3. The van der Waals surface area contributed by atoms with Crippen molar-refractivity contribution in [2.75, 3.05) is 31.8 Å². The zero-order valence-corrected chi connectivity index (χ0v) is 11.2. The molecule has 0 aromatic rings. The highest BCUT2D eigenvalue weighted by atomic mass is 35.5. The Hall–Kier alpha value is -0.110. The number of rotatable bonds is 4. The van der Waals surface area contributed by atoms with Crippen LogP contribution in [0.5, 0.6) is 0 Å². The Morgan fingerprint density at radius 1 is 1.50 bits per heavy atom. The Balaban J connectivity index is 2.35. The third-order valence-electron chi connectivity index (χ3n) is 2.11. The van der Waals surface area contributed by atoms with Crippen molar-refractivity contribution in [1.29, 1.82) is 0 Å². The van der Waals surface area contributed by atoms with Crippen LogP contribution in [0.3, 0.4) is 0 Å². The highest BCUT2D eigenvalue weighted by Gasteiger charge is 2.36. The average molecular weight is 288 g/mol. The van der Waals surface area contributed by atoms with Crippen LogP contribution in [0.2, 0.25) is 0 Å². The molecule has 1 saturated heterocycles. The molecular weight excluding hydrogens is 274 g/mol. The summed E-state index contributed by atoms with van der Waals surface area (Å²) in [5, 5.41) is 2.48. The molecule has 0 aliphatic carbocycles. The number of thiocarbonyl (C=S) groups is 1. The summed E-state index contributed by atoms with van der Waals surface area (Å²) in [6.07, 6.45) is 0. The minimum absolute atomic E-state index is 0.00502. The lowest BCUT2D eigenvalue weighted by atomic mass is 10.3. The van der Waals surface area contributed by atoms with E-state index in [9.17, 15) is 8.42 Å². The minimum Gasteiger partial charge on any atom is -0.469 e. The van der Waals surface area contributed by atoms with Gasteiger partial charge in [-0.15, -0.1) is 11.6 Å². The molecule has 0 aromatic carbocycles. The number of halogens is 1. The van der Waals surface area contributed by atoms with E-state index in [0.29, 0.717) is 13.2 Å². The molecule has 8 heteroatoms. The quantitative estimate of drug-likeness (QED) is 0.444. The van der Waals surface area contributed by atoms with Crippen LogP contribution in [-0.2, 0) is 19.3 Å². The molecule has 94 valence electrons. The van der Waals surface area contributed by atoms with Crippen LogP contribution in [-0.4, -0.2) is 56.8 Å². The Morgan fingerprint density at radius 2 is 2.19 bits per heavy atom. The first-order valence-corrected chi connectivity index (χ1v) is 7.38. The molecule has 0 radical (unpaired) electrons. The SMILES string of the molecule is COCCOC(=S)N[C@@H]1CS(=O)(=O)C[C@@H]1Cl. The second-order valence-corrected chi connectivity index (χ2v) is 6.56. The van der Waals surface area contributed by atoms with Crippen molar-refractivity contribution in [2.45, 2.75) is 11.4 Å². The third kappa shape index (κ3) is 4.40. The standard InChI is InChI=1S/C8H14ClNO4S2/c1-13-2-3-14-8(15)10-7-5-16(11,12)4-6(7)9/h6-7H,2-5H2,1H3,(H,10,15)/t6-,7+/m0/s1. The first-order valence-electron chi connectivity index (χ1n) is 4.71. The van der Waals surface area contributed by atoms with Crippen molar-refractivity contribution in [2.24, 2.45) is 0 Å². The highest BCUT2D eigenvalue weighted by molar-refractivity contribution is 7.91. The summed E-state index contributed by atoms with van der Waals surface area (Å²) < 4.78 is 32.4. The van der Waals surface area contributed by atoms with Gasteiger partial charge in [-0.25, -0.2) is 8.42 Å². The number of hydrogen-bond acceptors (Lipinski definition) is 5. The maximum Gasteiger partial charge on any atom is 0.257 e. The zero-order valence-electron chi connectivity index (χ0n) is 8.81. The summed E-state index contributed by atoms with van der Waals surface area (Å²) in [6, 6.07) is -0.373. The second-order valence-electron chi connectivity index (χ2n) is 3.47. The number of alkyl halides is 1. The van der Waals surface area contributed by atoms with E-state index in [4.69, 9.17) is 33.3 Å². The van der Waals surface area contributed by atoms with E-state index in [1.165, 1.54) is 0 Å². The summed E-state index contributed by atoms with van der Waals surface area (Å²) in [5.74, 6) is -0.0259. The Kier molecular flexibility index (Phi) is 5.23. The summed E-state index contributed by atoms with van der Waals surface area (Å²) in [6.45, 7) is 0.754. The van der Waals surface area contributed by atoms with Crippen molar-refractivity contribution in [3.63, 3.8) is 0 Å². The van der Waals surface area contributed by atoms with Gasteiger partial charge in [-0.3, -0.25) is 0 Å². The molecule has 0 spiro atoms. The predicted molar refractivity (Wildman–Crippen MR) is 65.6 cm³/mol. The fourth-order valence-corrected chi connectivity index (χ4v) is 4.13. The van der Waals surface area contributed by atoms with Gasteiger partial charge in [-0.1, -0.05) is 0 Å². The molecule has 0 saturated carbocycles. The van der Waals surface area contributed by atoms with Crippen LogP contribution in [0.25, 0.3) is 0 Å². The maximum absolute atomic E-state index is 11.3. The smallest absolute Gasteiger partial charge is 0.257 e. The Bertz CT molecular complexity index is 346. The summed E-state index contributed by atoms with van der Waals surface area (Å²) >= 11 is 10.8. The fraction of sp³-hybridized carbons (Fsp3) is 0.875. The summed E-state index contributed by atoms with van der Waals surface area (Å²) in [5.41, 5.74) is 0. The Labute approximate surface area is 105 Å². The molecule has 1 aliphatic rings. The normalized spacial score (nSPS) is 27.6. The predicted octanol–water partition coefficient (Wildman–Crippen LogP) is -0.0717. The van der Waals surface area contributed by atoms with E-state index in [0.717, 1.165) is 0 Å². The van der Waals surface area contributed by atoms with Gasteiger partial charge in [0.15, 0.2) is 9.84 Å². The van der Waals surface area contributed by atoms with Gasteiger partial charge in [0.1, 0.15) is 6.61 Å². The molecule has 1 fully saturated rings. The largest absolute Gasteiger partial charge is 0.469 e. The van der Waals surface area contributed by atoms with E-state index in [2.05, 4.69) is 5.32 Å². The van der Waals surface area contributed by atoms with Gasteiger partial charge in [-0.05, 0) is 12.2 Å². The number of nitrogens with one attached hydrogen (secondary N) is 1. The first kappa shape index (κ1) is 14.0. The van der Waals surface area contributed by atoms with Gasteiger partial charge >= 0.3 is 0 Å². The average Bonchev–Trinajstić information content (AvgIpc) is 2.40. The van der Waals surface area contributed by atoms with E-state index in [-0.39, 0.29) is 22.7 Å². The van der Waals surface area contributed by atoms with Gasteiger partial charge < -0.3 is 14.8 Å². The molecule has 0 unspecified atom stereocenters. The summed E-state index contributed by atoms with van der Waals surface area (Å²) in [4.78, 5) is 0. The molecule has 0 bridgehead atoms. The van der Waals surface area contributed by atoms with Crippen molar-refractivity contribution < 1.29 is 17.9 Å². The van der Waals surface area contributed by atoms with Crippen LogP contribution in [0.15, 0.2) is 0 Å². The first-order chi connectivity index (χ1) is 7.44. The van der Waals surface area contributed by atoms with Crippen LogP contribution in [0, 0.1) is 0 Å². The van der Waals surface area contributed by atoms with E-state index in [1.54, 1.807) is 7.11 Å². The molecular formula is C8H14ClNO4S2. The molecule has 5 nitrogen and oxygen atoms in total. The molecule has 1 aliphatic heterocycles. The van der Waals surface area contributed by atoms with Crippen molar-refractivity contribution >= 4 is 38.8 Å². The van der Waals surface area contributed by atoms with Crippen LogP contribution >= 0.6 is 23.8 Å². The topological polar surface area (TPSA) is 64.6 Å². The van der Waals surface area contributed by atoms with Crippen molar-refractivity contribution in [3.8, 4) is 0 Å². The number of hydrogen-bond donors (Lipinski definition) is 1. The monoisotopic (exact) mass is 287 g/mol. The van der Waals surface area contributed by atoms with E-state index < -0.39 is 15.2 Å². The lowest BCUT2D eigenvalue weighted by Gasteiger charge is -2.16. The lowest BCUT2D eigenvalue weighted by molar-refractivity contribution is 0.139. The zero-order chi connectivity index (χ0) is 12.2.